The number of carboxylic acid groups (broad SMARTS) is 1. The van der Waals surface area contributed by atoms with Crippen molar-refractivity contribution in [3.8, 4) is 0 Å². The van der Waals surface area contributed by atoms with Crippen molar-refractivity contribution >= 4 is 35.0 Å². The Balaban J connectivity index is 2.87. The van der Waals surface area contributed by atoms with Crippen molar-refractivity contribution in [2.45, 2.75) is 6.92 Å². The zero-order chi connectivity index (χ0) is 9.14. The maximum absolute atomic E-state index is 10.4. The molecule has 0 unspecified atom stereocenters. The molecule has 0 aromatic carbocycles. The van der Waals surface area contributed by atoms with Crippen molar-refractivity contribution in [1.29, 1.82) is 0 Å². The van der Waals surface area contributed by atoms with Crippen LogP contribution in [0.1, 0.15) is 11.8 Å². The van der Waals surface area contributed by atoms with Gasteiger partial charge in [0.15, 0.2) is 0 Å². The Morgan fingerprint density at radius 2 is 2.33 bits per heavy atom. The largest absolute Gasteiger partial charge is 0.478 e. The molecule has 1 aromatic rings. The van der Waals surface area contributed by atoms with Gasteiger partial charge in [0, 0.05) is 10.5 Å². The van der Waals surface area contributed by atoms with Gasteiger partial charge in [-0.1, -0.05) is 11.6 Å². The van der Waals surface area contributed by atoms with Crippen molar-refractivity contribution in [1.82, 2.24) is 0 Å². The van der Waals surface area contributed by atoms with Crippen LogP contribution in [0, 0.1) is 0 Å². The van der Waals surface area contributed by atoms with Crippen molar-refractivity contribution in [2.24, 2.45) is 0 Å². The number of hydrogen-bond acceptors (Lipinski definition) is 2. The van der Waals surface area contributed by atoms with Crippen LogP contribution in [0.2, 0.25) is 4.34 Å². The first-order chi connectivity index (χ1) is 5.59. The molecular formula is C8H7ClO2S. The molecule has 0 spiro atoms. The molecule has 1 N–H and O–H groups in total. The molecule has 0 radical (unpaired) electrons. The highest BCUT2D eigenvalue weighted by atomic mass is 35.5. The van der Waals surface area contributed by atoms with Crippen LogP contribution in [0.25, 0.3) is 6.08 Å². The van der Waals surface area contributed by atoms with Gasteiger partial charge in [0.25, 0.3) is 0 Å². The summed E-state index contributed by atoms with van der Waals surface area (Å²) in [5.41, 5.74) is 0.313. The van der Waals surface area contributed by atoms with E-state index in [0.717, 1.165) is 4.88 Å². The first-order valence-corrected chi connectivity index (χ1v) is 4.46. The predicted octanol–water partition coefficient (Wildman–Crippen LogP) is 2.89. The third kappa shape index (κ3) is 2.36. The van der Waals surface area contributed by atoms with Crippen LogP contribution in [-0.2, 0) is 4.79 Å². The van der Waals surface area contributed by atoms with Crippen molar-refractivity contribution in [3.63, 3.8) is 0 Å². The molecular weight excluding hydrogens is 196 g/mol. The number of rotatable bonds is 2. The minimum absolute atomic E-state index is 0.313. The molecule has 0 amide bonds. The standard InChI is InChI=1S/C8H7ClO2S/c1-5(8(10)11)4-6-2-3-7(9)12-6/h2-4H,1H3,(H,10,11)/b5-4+. The van der Waals surface area contributed by atoms with E-state index in [0.29, 0.717) is 9.91 Å². The molecule has 64 valence electrons. The number of thiophene rings is 1. The van der Waals surface area contributed by atoms with E-state index >= 15 is 0 Å². The van der Waals surface area contributed by atoms with Gasteiger partial charge in [-0.15, -0.1) is 11.3 Å². The van der Waals surface area contributed by atoms with Crippen LogP contribution in [0.4, 0.5) is 0 Å². The van der Waals surface area contributed by atoms with Gasteiger partial charge >= 0.3 is 5.97 Å². The Morgan fingerprint density at radius 1 is 1.67 bits per heavy atom. The first-order valence-electron chi connectivity index (χ1n) is 3.26. The lowest BCUT2D eigenvalue weighted by molar-refractivity contribution is -0.132. The molecule has 1 rings (SSSR count). The molecule has 12 heavy (non-hydrogen) atoms. The van der Waals surface area contributed by atoms with Gasteiger partial charge < -0.3 is 5.11 Å². The molecule has 0 saturated carbocycles. The second-order valence-corrected chi connectivity index (χ2v) is 4.02. The predicted molar refractivity (Wildman–Crippen MR) is 50.6 cm³/mol. The van der Waals surface area contributed by atoms with E-state index in [1.54, 1.807) is 25.1 Å². The van der Waals surface area contributed by atoms with E-state index in [9.17, 15) is 4.79 Å². The zero-order valence-electron chi connectivity index (χ0n) is 6.37. The van der Waals surface area contributed by atoms with E-state index in [1.165, 1.54) is 11.3 Å². The molecule has 1 heterocycles. The molecule has 0 fully saturated rings. The lowest BCUT2D eigenvalue weighted by Gasteiger charge is -1.89. The molecule has 2 nitrogen and oxygen atoms in total. The third-order valence-corrected chi connectivity index (χ3v) is 2.47. The summed E-state index contributed by atoms with van der Waals surface area (Å²) in [6.45, 7) is 1.55. The molecule has 0 bridgehead atoms. The highest BCUT2D eigenvalue weighted by Crippen LogP contribution is 2.23. The lowest BCUT2D eigenvalue weighted by atomic mass is 10.2. The smallest absolute Gasteiger partial charge is 0.331 e. The van der Waals surface area contributed by atoms with Crippen LogP contribution in [0.15, 0.2) is 17.7 Å². The maximum Gasteiger partial charge on any atom is 0.331 e. The number of carboxylic acids is 1. The second kappa shape index (κ2) is 3.74. The molecule has 0 aliphatic rings. The second-order valence-electron chi connectivity index (χ2n) is 2.27. The Hall–Kier alpha value is -0.800. The van der Waals surface area contributed by atoms with Gasteiger partial charge in [0.05, 0.1) is 4.34 Å². The Morgan fingerprint density at radius 3 is 2.75 bits per heavy atom. The van der Waals surface area contributed by atoms with E-state index in [-0.39, 0.29) is 0 Å². The van der Waals surface area contributed by atoms with E-state index in [2.05, 4.69) is 0 Å². The molecule has 0 saturated heterocycles. The highest BCUT2D eigenvalue weighted by molar-refractivity contribution is 7.17. The normalized spacial score (nSPS) is 11.7. The van der Waals surface area contributed by atoms with Crippen molar-refractivity contribution in [2.75, 3.05) is 0 Å². The van der Waals surface area contributed by atoms with Crippen LogP contribution < -0.4 is 0 Å². The summed E-state index contributed by atoms with van der Waals surface area (Å²) in [6.07, 6.45) is 1.60. The highest BCUT2D eigenvalue weighted by Gasteiger charge is 2.00. The number of aliphatic carboxylic acids is 1. The Bertz CT molecular complexity index is 328. The summed E-state index contributed by atoms with van der Waals surface area (Å²) in [7, 11) is 0. The summed E-state index contributed by atoms with van der Waals surface area (Å²) in [5, 5.41) is 8.55. The van der Waals surface area contributed by atoms with E-state index in [1.807, 2.05) is 0 Å². The minimum atomic E-state index is -0.903. The summed E-state index contributed by atoms with van der Waals surface area (Å²) >= 11 is 7.02. The van der Waals surface area contributed by atoms with Crippen LogP contribution >= 0.6 is 22.9 Å². The number of hydrogen-bond donors (Lipinski definition) is 1. The quantitative estimate of drug-likeness (QED) is 0.749. The van der Waals surface area contributed by atoms with Crippen LogP contribution in [0.5, 0.6) is 0 Å². The van der Waals surface area contributed by atoms with E-state index < -0.39 is 5.97 Å². The minimum Gasteiger partial charge on any atom is -0.478 e. The summed E-state index contributed by atoms with van der Waals surface area (Å²) in [5.74, 6) is -0.903. The fraction of sp³-hybridized carbons (Fsp3) is 0.125. The molecule has 0 aliphatic carbocycles. The fourth-order valence-corrected chi connectivity index (χ4v) is 1.74. The fourth-order valence-electron chi connectivity index (χ4n) is 0.681. The molecule has 4 heteroatoms. The molecule has 1 aromatic heterocycles. The maximum atomic E-state index is 10.4. The number of carbonyl (C=O) groups is 1. The van der Waals surface area contributed by atoms with Gasteiger partial charge in [0.1, 0.15) is 0 Å². The number of halogens is 1. The summed E-state index contributed by atoms with van der Waals surface area (Å²) in [6, 6.07) is 3.53. The van der Waals surface area contributed by atoms with Gasteiger partial charge in [-0.3, -0.25) is 0 Å². The Kier molecular flexibility index (Phi) is 2.89. The summed E-state index contributed by atoms with van der Waals surface area (Å²) < 4.78 is 0.666. The van der Waals surface area contributed by atoms with Crippen LogP contribution in [-0.4, -0.2) is 11.1 Å². The first kappa shape index (κ1) is 9.29. The molecule has 0 aliphatic heterocycles. The Labute approximate surface area is 79.1 Å². The van der Waals surface area contributed by atoms with E-state index in [4.69, 9.17) is 16.7 Å². The SMILES string of the molecule is C/C(=C\c1ccc(Cl)s1)C(=O)O. The average molecular weight is 203 g/mol. The topological polar surface area (TPSA) is 37.3 Å². The van der Waals surface area contributed by atoms with Gasteiger partial charge in [-0.25, -0.2) is 4.79 Å². The lowest BCUT2D eigenvalue weighted by Crippen LogP contribution is -1.94. The van der Waals surface area contributed by atoms with Gasteiger partial charge in [-0.05, 0) is 25.1 Å². The van der Waals surface area contributed by atoms with Gasteiger partial charge in [-0.2, -0.15) is 0 Å². The zero-order valence-corrected chi connectivity index (χ0v) is 7.95. The third-order valence-electron chi connectivity index (χ3n) is 1.29. The van der Waals surface area contributed by atoms with Gasteiger partial charge in [0.2, 0.25) is 0 Å². The molecule has 0 atom stereocenters. The van der Waals surface area contributed by atoms with Crippen LogP contribution in [0.3, 0.4) is 0 Å². The van der Waals surface area contributed by atoms with Crippen molar-refractivity contribution in [3.05, 3.63) is 26.9 Å². The average Bonchev–Trinajstić information content (AvgIpc) is 2.35. The van der Waals surface area contributed by atoms with Crippen molar-refractivity contribution < 1.29 is 9.90 Å². The monoisotopic (exact) mass is 202 g/mol. The summed E-state index contributed by atoms with van der Waals surface area (Å²) in [4.78, 5) is 11.3.